The van der Waals surface area contributed by atoms with Crippen molar-refractivity contribution in [1.82, 2.24) is 15.1 Å². The van der Waals surface area contributed by atoms with Gasteiger partial charge in [-0.25, -0.2) is 0 Å². The Balaban J connectivity index is 1.42. The van der Waals surface area contributed by atoms with Crippen LogP contribution in [0.15, 0.2) is 42.6 Å². The molecule has 2 aromatic rings. The summed E-state index contributed by atoms with van der Waals surface area (Å²) in [4.78, 5) is 15.3. The first-order chi connectivity index (χ1) is 15.5. The number of ether oxygens (including phenoxy) is 2. The molecule has 2 atom stereocenters. The van der Waals surface area contributed by atoms with Crippen LogP contribution >= 0.6 is 0 Å². The lowest BCUT2D eigenvalue weighted by Gasteiger charge is -2.44. The Hall–Kier alpha value is -2.18. The fourth-order valence-corrected chi connectivity index (χ4v) is 5.31. The van der Waals surface area contributed by atoms with Crippen molar-refractivity contribution in [3.8, 4) is 0 Å². The number of methoxy groups -OCH3 is 1. The number of carbonyl (C=O) groups excluding carboxylic acids is 1. The van der Waals surface area contributed by atoms with Crippen molar-refractivity contribution < 1.29 is 14.3 Å². The van der Waals surface area contributed by atoms with E-state index in [0.29, 0.717) is 12.5 Å². The van der Waals surface area contributed by atoms with Crippen LogP contribution in [0.3, 0.4) is 0 Å². The highest BCUT2D eigenvalue weighted by atomic mass is 16.5. The fourth-order valence-electron chi connectivity index (χ4n) is 5.31. The van der Waals surface area contributed by atoms with E-state index in [1.54, 1.807) is 13.3 Å². The van der Waals surface area contributed by atoms with Crippen LogP contribution in [0.4, 0.5) is 0 Å². The zero-order valence-electron chi connectivity index (χ0n) is 19.6. The summed E-state index contributed by atoms with van der Waals surface area (Å²) < 4.78 is 12.0. The van der Waals surface area contributed by atoms with Gasteiger partial charge in [-0.2, -0.15) is 5.10 Å². The molecule has 6 nitrogen and oxygen atoms in total. The van der Waals surface area contributed by atoms with Gasteiger partial charge in [-0.15, -0.1) is 0 Å². The standard InChI is InChI=1S/C26H37N3O3/c1-26(2,31-3)25(30)29-17-7-10-22(23-15-16-27-28-23)24(29)18-32-21-13-11-20(12-14-21)19-8-5-4-6-9-19/h4-6,8-9,15-16,20-22,24H,7,10-14,17-18H2,1-3H3,(H,27,28)/t20?,21?,22?,24-/m0/s1. The number of nitrogens with one attached hydrogen (secondary N) is 1. The number of rotatable bonds is 7. The summed E-state index contributed by atoms with van der Waals surface area (Å²) in [6.07, 6.45) is 8.48. The number of benzene rings is 1. The molecule has 2 fully saturated rings. The summed E-state index contributed by atoms with van der Waals surface area (Å²) >= 11 is 0. The average Bonchev–Trinajstić information content (AvgIpc) is 3.38. The smallest absolute Gasteiger partial charge is 0.254 e. The minimum absolute atomic E-state index is 0.0158. The molecule has 2 heterocycles. The molecule has 0 spiro atoms. The highest BCUT2D eigenvalue weighted by Gasteiger charge is 2.42. The summed E-state index contributed by atoms with van der Waals surface area (Å²) in [6.45, 7) is 4.98. The maximum absolute atomic E-state index is 13.3. The number of H-pyrrole nitrogens is 1. The van der Waals surface area contributed by atoms with Gasteiger partial charge in [0.1, 0.15) is 5.60 Å². The van der Waals surface area contributed by atoms with Gasteiger partial charge in [-0.3, -0.25) is 9.89 Å². The Morgan fingerprint density at radius 2 is 1.88 bits per heavy atom. The average molecular weight is 440 g/mol. The largest absolute Gasteiger partial charge is 0.376 e. The van der Waals surface area contributed by atoms with Crippen molar-refractivity contribution in [1.29, 1.82) is 0 Å². The molecule has 1 aromatic carbocycles. The lowest BCUT2D eigenvalue weighted by molar-refractivity contribution is -0.158. The zero-order valence-corrected chi connectivity index (χ0v) is 19.6. The quantitative estimate of drug-likeness (QED) is 0.682. The lowest BCUT2D eigenvalue weighted by atomic mass is 9.82. The maximum atomic E-state index is 13.3. The molecule has 1 aliphatic heterocycles. The van der Waals surface area contributed by atoms with Crippen molar-refractivity contribution in [3.63, 3.8) is 0 Å². The van der Waals surface area contributed by atoms with Gasteiger partial charge in [-0.1, -0.05) is 30.3 Å². The van der Waals surface area contributed by atoms with E-state index in [4.69, 9.17) is 9.47 Å². The summed E-state index contributed by atoms with van der Waals surface area (Å²) in [5.74, 6) is 0.859. The normalized spacial score (nSPS) is 26.8. The highest BCUT2D eigenvalue weighted by molar-refractivity contribution is 5.85. The van der Waals surface area contributed by atoms with Gasteiger partial charge in [0.05, 0.1) is 18.8 Å². The number of aromatic amines is 1. The maximum Gasteiger partial charge on any atom is 0.254 e. The van der Waals surface area contributed by atoms with Crippen LogP contribution in [-0.4, -0.2) is 59.0 Å². The predicted molar refractivity (Wildman–Crippen MR) is 125 cm³/mol. The number of aromatic nitrogens is 2. The number of nitrogens with zero attached hydrogens (tertiary/aromatic N) is 2. The molecule has 1 unspecified atom stereocenters. The molecule has 0 bridgehead atoms. The van der Waals surface area contributed by atoms with E-state index in [-0.39, 0.29) is 24.0 Å². The third-order valence-electron chi connectivity index (χ3n) is 7.43. The van der Waals surface area contributed by atoms with E-state index in [9.17, 15) is 4.79 Å². The van der Waals surface area contributed by atoms with E-state index in [1.807, 2.05) is 24.8 Å². The molecular formula is C26H37N3O3. The third-order valence-corrected chi connectivity index (χ3v) is 7.43. The first-order valence-electron chi connectivity index (χ1n) is 12.0. The number of piperidine rings is 1. The summed E-state index contributed by atoms with van der Waals surface area (Å²) in [6, 6.07) is 12.8. The van der Waals surface area contributed by atoms with Gasteiger partial charge in [0.25, 0.3) is 5.91 Å². The number of amides is 1. The highest BCUT2D eigenvalue weighted by Crippen LogP contribution is 2.36. The van der Waals surface area contributed by atoms with Gasteiger partial charge in [0, 0.05) is 31.5 Å². The van der Waals surface area contributed by atoms with Gasteiger partial charge in [-0.05, 0) is 69.9 Å². The van der Waals surface area contributed by atoms with Crippen molar-refractivity contribution >= 4 is 5.91 Å². The molecule has 1 aromatic heterocycles. The predicted octanol–water partition coefficient (Wildman–Crippen LogP) is 4.65. The summed E-state index contributed by atoms with van der Waals surface area (Å²) in [5, 5.41) is 7.30. The topological polar surface area (TPSA) is 67.5 Å². The van der Waals surface area contributed by atoms with Crippen LogP contribution in [0.2, 0.25) is 0 Å². The Bertz CT molecular complexity index is 844. The monoisotopic (exact) mass is 439 g/mol. The molecule has 1 aliphatic carbocycles. The van der Waals surface area contributed by atoms with E-state index >= 15 is 0 Å². The van der Waals surface area contributed by atoms with Crippen LogP contribution in [0, 0.1) is 0 Å². The SMILES string of the molecule is COC(C)(C)C(=O)N1CCCC(c2ccn[nH]2)[C@@H]1COC1CCC(c2ccccc2)CC1. The first kappa shape index (κ1) is 23.0. The Morgan fingerprint density at radius 1 is 1.12 bits per heavy atom. The second-order valence-corrected chi connectivity index (χ2v) is 9.76. The van der Waals surface area contributed by atoms with Crippen molar-refractivity contribution in [2.75, 3.05) is 20.3 Å². The number of likely N-dealkylation sites (tertiary alicyclic amines) is 1. The van der Waals surface area contributed by atoms with Crippen LogP contribution in [0.1, 0.15) is 75.5 Å². The molecule has 1 amide bonds. The van der Waals surface area contributed by atoms with Crippen LogP contribution < -0.4 is 0 Å². The first-order valence-corrected chi connectivity index (χ1v) is 12.0. The van der Waals surface area contributed by atoms with Crippen molar-refractivity contribution in [2.24, 2.45) is 0 Å². The Morgan fingerprint density at radius 3 is 2.53 bits per heavy atom. The van der Waals surface area contributed by atoms with Gasteiger partial charge < -0.3 is 14.4 Å². The molecule has 32 heavy (non-hydrogen) atoms. The molecule has 1 N–H and O–H groups in total. The molecular weight excluding hydrogens is 402 g/mol. The number of hydrogen-bond acceptors (Lipinski definition) is 4. The second kappa shape index (κ2) is 10.2. The lowest BCUT2D eigenvalue weighted by Crippen LogP contribution is -2.56. The second-order valence-electron chi connectivity index (χ2n) is 9.76. The summed E-state index contributed by atoms with van der Waals surface area (Å²) in [7, 11) is 1.60. The van der Waals surface area contributed by atoms with Crippen LogP contribution in [-0.2, 0) is 14.3 Å². The third kappa shape index (κ3) is 5.07. The van der Waals surface area contributed by atoms with Gasteiger partial charge in [0.2, 0.25) is 0 Å². The van der Waals surface area contributed by atoms with Gasteiger partial charge >= 0.3 is 0 Å². The minimum Gasteiger partial charge on any atom is -0.376 e. The van der Waals surface area contributed by atoms with E-state index in [1.165, 1.54) is 5.56 Å². The van der Waals surface area contributed by atoms with Crippen molar-refractivity contribution in [3.05, 3.63) is 53.9 Å². The van der Waals surface area contributed by atoms with E-state index in [2.05, 4.69) is 40.5 Å². The molecule has 1 saturated carbocycles. The molecule has 0 radical (unpaired) electrons. The fraction of sp³-hybridized carbons (Fsp3) is 0.615. The van der Waals surface area contributed by atoms with E-state index < -0.39 is 5.60 Å². The Labute approximate surface area is 191 Å². The number of hydrogen-bond donors (Lipinski definition) is 1. The van der Waals surface area contributed by atoms with E-state index in [0.717, 1.165) is 50.8 Å². The number of carbonyl (C=O) groups is 1. The molecule has 4 rings (SSSR count). The van der Waals surface area contributed by atoms with Crippen LogP contribution in [0.5, 0.6) is 0 Å². The molecule has 174 valence electrons. The Kier molecular flexibility index (Phi) is 7.31. The van der Waals surface area contributed by atoms with Crippen molar-refractivity contribution in [2.45, 2.75) is 82.0 Å². The summed E-state index contributed by atoms with van der Waals surface area (Å²) in [5.41, 5.74) is 1.68. The zero-order chi connectivity index (χ0) is 22.6. The van der Waals surface area contributed by atoms with Gasteiger partial charge in [0.15, 0.2) is 0 Å². The molecule has 6 heteroatoms. The molecule has 1 saturated heterocycles. The van der Waals surface area contributed by atoms with Crippen LogP contribution in [0.25, 0.3) is 0 Å². The minimum atomic E-state index is -0.845. The molecule has 2 aliphatic rings.